The van der Waals surface area contributed by atoms with Crippen molar-refractivity contribution >= 4 is 23.0 Å². The van der Waals surface area contributed by atoms with E-state index in [2.05, 4.69) is 5.32 Å². The summed E-state index contributed by atoms with van der Waals surface area (Å²) in [5.74, 6) is 0. The second-order valence-corrected chi connectivity index (χ2v) is 9.34. The predicted molar refractivity (Wildman–Crippen MR) is 96.9 cm³/mol. The molecule has 0 aliphatic heterocycles. The minimum absolute atomic E-state index is 0.328. The van der Waals surface area contributed by atoms with Gasteiger partial charge in [0.05, 0.1) is 6.04 Å². The van der Waals surface area contributed by atoms with Gasteiger partial charge >= 0.3 is 6.09 Å². The molecule has 5 nitrogen and oxygen atoms in total. The van der Waals surface area contributed by atoms with E-state index in [1.54, 1.807) is 45.0 Å². The molecular weight excluding hydrogens is 326 g/mol. The fourth-order valence-corrected chi connectivity index (χ4v) is 2.80. The lowest BCUT2D eigenvalue weighted by Gasteiger charge is -2.27. The number of hydrogen-bond acceptors (Lipinski definition) is 5. The van der Waals surface area contributed by atoms with E-state index in [1.165, 1.54) is 0 Å². The summed E-state index contributed by atoms with van der Waals surface area (Å²) in [6.07, 6.45) is -2.05. The number of nitrogens with one attached hydrogen (secondary N) is 1. The van der Waals surface area contributed by atoms with Gasteiger partial charge in [0.15, 0.2) is 0 Å². The van der Waals surface area contributed by atoms with Crippen LogP contribution in [0.25, 0.3) is 0 Å². The van der Waals surface area contributed by atoms with Crippen LogP contribution in [0.3, 0.4) is 0 Å². The number of benzene rings is 1. The Bertz CT molecular complexity index is 561. The Kier molecular flexibility index (Phi) is 6.86. The quantitative estimate of drug-likeness (QED) is 0.864. The Hall–Kier alpha value is -1.53. The van der Waals surface area contributed by atoms with Gasteiger partial charge in [-0.05, 0) is 26.3 Å². The van der Waals surface area contributed by atoms with Crippen LogP contribution in [0.4, 0.5) is 4.79 Å². The van der Waals surface area contributed by atoms with Crippen molar-refractivity contribution in [2.75, 3.05) is 0 Å². The van der Waals surface area contributed by atoms with E-state index in [1.807, 2.05) is 26.8 Å². The van der Waals surface area contributed by atoms with E-state index >= 15 is 0 Å². The summed E-state index contributed by atoms with van der Waals surface area (Å²) >= 11 is 1.05. The molecule has 134 valence electrons. The molecule has 1 rings (SSSR count). The molecular formula is C18H27NO4S. The highest BCUT2D eigenvalue weighted by Gasteiger charge is 2.33. The number of aliphatic hydroxyl groups is 1. The Labute approximate surface area is 148 Å². The third kappa shape index (κ3) is 7.36. The highest BCUT2D eigenvalue weighted by Crippen LogP contribution is 2.29. The van der Waals surface area contributed by atoms with Gasteiger partial charge in [0.1, 0.15) is 11.7 Å². The first-order chi connectivity index (χ1) is 10.9. The highest BCUT2D eigenvalue weighted by molar-refractivity contribution is 8.14. The molecule has 2 atom stereocenters. The van der Waals surface area contributed by atoms with Crippen molar-refractivity contribution in [3.05, 3.63) is 35.9 Å². The summed E-state index contributed by atoms with van der Waals surface area (Å²) in [5, 5.41) is 12.7. The summed E-state index contributed by atoms with van der Waals surface area (Å²) in [5.41, 5.74) is -0.0285. The number of rotatable bonds is 4. The molecule has 0 unspecified atom stereocenters. The van der Waals surface area contributed by atoms with E-state index in [-0.39, 0.29) is 4.75 Å². The van der Waals surface area contributed by atoms with Gasteiger partial charge in [-0.25, -0.2) is 4.79 Å². The lowest BCUT2D eigenvalue weighted by molar-refractivity contribution is -0.119. The lowest BCUT2D eigenvalue weighted by Crippen LogP contribution is -2.42. The maximum Gasteiger partial charge on any atom is 0.408 e. The largest absolute Gasteiger partial charge is 0.444 e. The van der Waals surface area contributed by atoms with E-state index in [4.69, 9.17) is 4.74 Å². The van der Waals surface area contributed by atoms with Gasteiger partial charge in [0.25, 0.3) is 0 Å². The number of hydrogen-bond donors (Lipinski definition) is 2. The Morgan fingerprint density at radius 1 is 1.08 bits per heavy atom. The van der Waals surface area contributed by atoms with Gasteiger partial charge < -0.3 is 15.2 Å². The van der Waals surface area contributed by atoms with Crippen LogP contribution in [0, 0.1) is 0 Å². The topological polar surface area (TPSA) is 75.6 Å². The summed E-state index contributed by atoms with van der Waals surface area (Å²) in [6.45, 7) is 10.9. The van der Waals surface area contributed by atoms with E-state index in [0.717, 1.165) is 11.8 Å². The first kappa shape index (κ1) is 20.5. The molecule has 2 N–H and O–H groups in total. The number of alkyl carbamates (subject to hydrolysis) is 1. The molecule has 0 bridgehead atoms. The molecule has 0 radical (unpaired) electrons. The minimum atomic E-state index is -1.37. The Morgan fingerprint density at radius 2 is 1.62 bits per heavy atom. The van der Waals surface area contributed by atoms with Gasteiger partial charge in [-0.2, -0.15) is 0 Å². The summed E-state index contributed by atoms with van der Waals surface area (Å²) in [4.78, 5) is 24.5. The van der Waals surface area contributed by atoms with Crippen LogP contribution < -0.4 is 5.32 Å². The second-order valence-electron chi connectivity index (χ2n) is 7.51. The number of carbonyl (C=O) groups is 2. The zero-order valence-electron chi connectivity index (χ0n) is 15.1. The van der Waals surface area contributed by atoms with Crippen LogP contribution in [-0.2, 0) is 9.53 Å². The number of thioether (sulfide) groups is 1. The molecule has 1 aromatic rings. The monoisotopic (exact) mass is 353 g/mol. The summed E-state index contributed by atoms with van der Waals surface area (Å²) < 4.78 is 4.91. The molecule has 1 aromatic carbocycles. The van der Waals surface area contributed by atoms with Crippen molar-refractivity contribution in [1.29, 1.82) is 0 Å². The third-order valence-corrected chi connectivity index (χ3v) is 3.85. The van der Waals surface area contributed by atoms with Crippen molar-refractivity contribution < 1.29 is 19.4 Å². The third-order valence-electron chi connectivity index (χ3n) is 2.79. The van der Waals surface area contributed by atoms with Gasteiger partial charge in [-0.3, -0.25) is 4.79 Å². The number of amides is 1. The van der Waals surface area contributed by atoms with E-state index in [9.17, 15) is 14.7 Å². The molecule has 0 heterocycles. The van der Waals surface area contributed by atoms with Crippen molar-refractivity contribution in [1.82, 2.24) is 5.32 Å². The standard InChI is InChI=1S/C18H27NO4S/c1-17(2,3)23-16(22)19-13(12-10-8-7-9-11-12)14(20)15(21)24-18(4,5)6/h7-11,13-14,20H,1-6H3,(H,19,22)/t13-,14-/m1/s1. The molecule has 0 fully saturated rings. The van der Waals surface area contributed by atoms with Crippen molar-refractivity contribution in [2.45, 2.75) is 64.0 Å². The van der Waals surface area contributed by atoms with Gasteiger partial charge in [-0.1, -0.05) is 62.9 Å². The zero-order chi connectivity index (χ0) is 18.5. The Balaban J connectivity index is 2.98. The van der Waals surface area contributed by atoms with Crippen LogP contribution >= 0.6 is 11.8 Å². The average Bonchev–Trinajstić information content (AvgIpc) is 2.41. The van der Waals surface area contributed by atoms with Crippen LogP contribution in [-0.4, -0.2) is 32.8 Å². The summed E-state index contributed by atoms with van der Waals surface area (Å²) in [7, 11) is 0. The smallest absolute Gasteiger partial charge is 0.408 e. The fraction of sp³-hybridized carbons (Fsp3) is 0.556. The van der Waals surface area contributed by atoms with Crippen LogP contribution in [0.5, 0.6) is 0 Å². The maximum absolute atomic E-state index is 12.4. The van der Waals surface area contributed by atoms with Crippen molar-refractivity contribution in [2.24, 2.45) is 0 Å². The first-order valence-corrected chi connectivity index (χ1v) is 8.66. The fourth-order valence-electron chi connectivity index (χ4n) is 1.94. The van der Waals surface area contributed by atoms with Crippen molar-refractivity contribution in [3.8, 4) is 0 Å². The molecule has 0 aliphatic carbocycles. The molecule has 0 aliphatic rings. The molecule has 0 aromatic heterocycles. The van der Waals surface area contributed by atoms with Crippen LogP contribution in [0.1, 0.15) is 53.1 Å². The predicted octanol–water partition coefficient (Wildman–Crippen LogP) is 3.67. The molecule has 1 amide bonds. The molecule has 0 saturated carbocycles. The van der Waals surface area contributed by atoms with Gasteiger partial charge in [-0.15, -0.1) is 0 Å². The SMILES string of the molecule is CC(C)(C)OC(=O)N[C@H](c1ccccc1)[C@@H](O)C(=O)SC(C)(C)C. The molecule has 0 saturated heterocycles. The minimum Gasteiger partial charge on any atom is -0.444 e. The van der Waals surface area contributed by atoms with Crippen LogP contribution in [0.15, 0.2) is 30.3 Å². The molecule has 24 heavy (non-hydrogen) atoms. The first-order valence-electron chi connectivity index (χ1n) is 7.84. The van der Waals surface area contributed by atoms with Gasteiger partial charge in [0.2, 0.25) is 5.12 Å². The number of carbonyl (C=O) groups excluding carboxylic acids is 2. The van der Waals surface area contributed by atoms with E-state index < -0.39 is 29.0 Å². The lowest BCUT2D eigenvalue weighted by atomic mass is 10.0. The Morgan fingerprint density at radius 3 is 2.08 bits per heavy atom. The second kappa shape index (κ2) is 8.03. The number of ether oxygens (including phenoxy) is 1. The molecule has 0 spiro atoms. The zero-order valence-corrected chi connectivity index (χ0v) is 15.9. The average molecular weight is 353 g/mol. The normalized spacial score (nSPS) is 14.6. The summed E-state index contributed by atoms with van der Waals surface area (Å²) in [6, 6.07) is 8.02. The van der Waals surface area contributed by atoms with E-state index in [0.29, 0.717) is 5.56 Å². The number of aliphatic hydroxyl groups excluding tert-OH is 1. The highest BCUT2D eigenvalue weighted by atomic mass is 32.2. The van der Waals surface area contributed by atoms with Crippen LogP contribution in [0.2, 0.25) is 0 Å². The molecule has 6 heteroatoms. The van der Waals surface area contributed by atoms with Gasteiger partial charge in [0, 0.05) is 4.75 Å². The van der Waals surface area contributed by atoms with Crippen molar-refractivity contribution in [3.63, 3.8) is 0 Å². The maximum atomic E-state index is 12.4.